The highest BCUT2D eigenvalue weighted by Gasteiger charge is 2.22. The van der Waals surface area contributed by atoms with E-state index >= 15 is 0 Å². The Hall–Kier alpha value is -0.920. The molecule has 0 saturated heterocycles. The summed E-state index contributed by atoms with van der Waals surface area (Å²) in [4.78, 5) is 6.21. The molecule has 1 heterocycles. The molecule has 1 aromatic heterocycles. The van der Waals surface area contributed by atoms with Crippen LogP contribution in [-0.2, 0) is 14.8 Å². The molecule has 7 heteroatoms. The van der Waals surface area contributed by atoms with Crippen molar-refractivity contribution in [1.82, 2.24) is 14.7 Å². The number of nitrogens with one attached hydrogen (secondary N) is 2. The molecule has 6 nitrogen and oxygen atoms in total. The zero-order valence-corrected chi connectivity index (χ0v) is 10.5. The first-order valence-electron chi connectivity index (χ1n) is 4.99. The smallest absolute Gasteiger partial charge is 0.257 e. The van der Waals surface area contributed by atoms with E-state index in [1.165, 1.54) is 12.5 Å². The minimum atomic E-state index is -3.52. The number of aromatic nitrogens is 2. The van der Waals surface area contributed by atoms with Crippen molar-refractivity contribution in [2.75, 3.05) is 13.2 Å². The predicted octanol–water partition coefficient (Wildman–Crippen LogP) is 0.503. The van der Waals surface area contributed by atoms with Crippen molar-refractivity contribution in [2.45, 2.75) is 31.4 Å². The third-order valence-corrected chi connectivity index (χ3v) is 3.31. The van der Waals surface area contributed by atoms with Crippen molar-refractivity contribution in [3.63, 3.8) is 0 Å². The fourth-order valence-electron chi connectivity index (χ4n) is 1.18. The summed E-state index contributed by atoms with van der Waals surface area (Å²) >= 11 is 0. The number of H-pyrrole nitrogens is 1. The lowest BCUT2D eigenvalue weighted by Gasteiger charge is -2.24. The summed E-state index contributed by atoms with van der Waals surface area (Å²) in [5.41, 5.74) is -0.526. The molecule has 2 N–H and O–H groups in total. The van der Waals surface area contributed by atoms with Gasteiger partial charge in [0, 0.05) is 13.2 Å². The van der Waals surface area contributed by atoms with E-state index in [1.54, 1.807) is 0 Å². The number of imidazole rings is 1. The summed E-state index contributed by atoms with van der Waals surface area (Å²) in [5, 5.41) is 0.0554. The van der Waals surface area contributed by atoms with Gasteiger partial charge in [0.1, 0.15) is 0 Å². The van der Waals surface area contributed by atoms with Crippen molar-refractivity contribution in [2.24, 2.45) is 0 Å². The monoisotopic (exact) mass is 247 g/mol. The van der Waals surface area contributed by atoms with Gasteiger partial charge in [-0.25, -0.2) is 18.1 Å². The van der Waals surface area contributed by atoms with Gasteiger partial charge in [-0.3, -0.25) is 0 Å². The van der Waals surface area contributed by atoms with Gasteiger partial charge in [0.2, 0.25) is 0 Å². The molecule has 0 radical (unpaired) electrons. The number of nitrogens with zero attached hydrogens (tertiary/aromatic N) is 1. The molecule has 0 amide bonds. The van der Waals surface area contributed by atoms with Gasteiger partial charge in [-0.1, -0.05) is 0 Å². The van der Waals surface area contributed by atoms with Gasteiger partial charge in [-0.05, 0) is 20.8 Å². The third-order valence-electron chi connectivity index (χ3n) is 1.99. The second-order valence-electron chi connectivity index (χ2n) is 3.93. The summed E-state index contributed by atoms with van der Waals surface area (Å²) in [5.74, 6) is 0. The Morgan fingerprint density at radius 2 is 2.25 bits per heavy atom. The SMILES string of the molecule is CCOC(C)(C)CNS(=O)(=O)c1cnc[nH]1. The molecule has 0 aliphatic carbocycles. The molecule has 0 spiro atoms. The number of aromatic amines is 1. The molecule has 16 heavy (non-hydrogen) atoms. The average Bonchev–Trinajstić information content (AvgIpc) is 2.68. The second-order valence-corrected chi connectivity index (χ2v) is 5.67. The molecule has 0 fully saturated rings. The quantitative estimate of drug-likeness (QED) is 0.767. The Labute approximate surface area is 95.5 Å². The fourth-order valence-corrected chi connectivity index (χ4v) is 2.28. The van der Waals surface area contributed by atoms with Crippen molar-refractivity contribution in [3.05, 3.63) is 12.5 Å². The molecule has 0 saturated carbocycles. The second kappa shape index (κ2) is 4.94. The van der Waals surface area contributed by atoms with E-state index in [4.69, 9.17) is 4.74 Å². The Balaban J connectivity index is 2.62. The highest BCUT2D eigenvalue weighted by atomic mass is 32.2. The zero-order valence-electron chi connectivity index (χ0n) is 9.65. The highest BCUT2D eigenvalue weighted by Crippen LogP contribution is 2.09. The fraction of sp³-hybridized carbons (Fsp3) is 0.667. The van der Waals surface area contributed by atoms with Gasteiger partial charge in [-0.2, -0.15) is 0 Å². The lowest BCUT2D eigenvalue weighted by Crippen LogP contribution is -2.40. The van der Waals surface area contributed by atoms with Gasteiger partial charge < -0.3 is 9.72 Å². The lowest BCUT2D eigenvalue weighted by molar-refractivity contribution is -0.00515. The minimum Gasteiger partial charge on any atom is -0.375 e. The lowest BCUT2D eigenvalue weighted by atomic mass is 10.1. The number of ether oxygens (including phenoxy) is 1. The van der Waals surface area contributed by atoms with Gasteiger partial charge in [0.05, 0.1) is 18.1 Å². The first-order chi connectivity index (χ1) is 7.37. The number of sulfonamides is 1. The van der Waals surface area contributed by atoms with Crippen LogP contribution in [0.3, 0.4) is 0 Å². The summed E-state index contributed by atoms with van der Waals surface area (Å²) in [6, 6.07) is 0. The van der Waals surface area contributed by atoms with E-state index in [0.29, 0.717) is 6.61 Å². The maximum absolute atomic E-state index is 11.7. The maximum atomic E-state index is 11.7. The number of rotatable bonds is 6. The largest absolute Gasteiger partial charge is 0.375 e. The van der Waals surface area contributed by atoms with Crippen LogP contribution in [0.15, 0.2) is 17.6 Å². The molecule has 0 aliphatic heterocycles. The number of hydrogen-bond donors (Lipinski definition) is 2. The molecule has 0 bridgehead atoms. The number of hydrogen-bond acceptors (Lipinski definition) is 4. The van der Waals surface area contributed by atoms with Crippen LogP contribution in [0.2, 0.25) is 0 Å². The van der Waals surface area contributed by atoms with Crippen LogP contribution in [0.1, 0.15) is 20.8 Å². The van der Waals surface area contributed by atoms with E-state index in [-0.39, 0.29) is 11.6 Å². The molecule has 0 aliphatic rings. The van der Waals surface area contributed by atoms with Crippen LogP contribution in [-0.4, -0.2) is 37.1 Å². The van der Waals surface area contributed by atoms with Gasteiger partial charge in [0.15, 0.2) is 5.03 Å². The first kappa shape index (κ1) is 13.1. The topological polar surface area (TPSA) is 84.1 Å². The molecule has 1 rings (SSSR count). The molecule has 0 atom stereocenters. The Kier molecular flexibility index (Phi) is 4.06. The van der Waals surface area contributed by atoms with Crippen LogP contribution in [0.4, 0.5) is 0 Å². The Morgan fingerprint density at radius 1 is 1.56 bits per heavy atom. The summed E-state index contributed by atoms with van der Waals surface area (Å²) < 4.78 is 31.3. The average molecular weight is 247 g/mol. The minimum absolute atomic E-state index is 0.0554. The molecule has 1 aromatic rings. The third kappa shape index (κ3) is 3.58. The van der Waals surface area contributed by atoms with E-state index in [0.717, 1.165) is 0 Å². The van der Waals surface area contributed by atoms with Crippen LogP contribution in [0, 0.1) is 0 Å². The van der Waals surface area contributed by atoms with E-state index < -0.39 is 15.6 Å². The Bertz CT molecular complexity index is 411. The standard InChI is InChI=1S/C9H17N3O3S/c1-4-15-9(2,3)6-12-16(13,14)8-5-10-7-11-8/h5,7,12H,4,6H2,1-3H3,(H,10,11). The zero-order chi connectivity index (χ0) is 12.2. The molecule has 0 unspecified atom stereocenters. The van der Waals surface area contributed by atoms with Crippen LogP contribution < -0.4 is 4.72 Å². The van der Waals surface area contributed by atoms with Gasteiger partial charge in [-0.15, -0.1) is 0 Å². The van der Waals surface area contributed by atoms with Crippen molar-refractivity contribution in [3.8, 4) is 0 Å². The predicted molar refractivity (Wildman–Crippen MR) is 59.5 cm³/mol. The van der Waals surface area contributed by atoms with Crippen LogP contribution >= 0.6 is 0 Å². The van der Waals surface area contributed by atoms with Crippen molar-refractivity contribution in [1.29, 1.82) is 0 Å². The molecule has 92 valence electrons. The summed E-state index contributed by atoms with van der Waals surface area (Å²) in [6.07, 6.45) is 2.58. The van der Waals surface area contributed by atoms with E-state index in [2.05, 4.69) is 14.7 Å². The van der Waals surface area contributed by atoms with Gasteiger partial charge >= 0.3 is 0 Å². The van der Waals surface area contributed by atoms with Crippen molar-refractivity contribution >= 4 is 10.0 Å². The molecular formula is C9H17N3O3S. The van der Waals surface area contributed by atoms with Crippen LogP contribution in [0.5, 0.6) is 0 Å². The first-order valence-corrected chi connectivity index (χ1v) is 6.48. The molecular weight excluding hydrogens is 230 g/mol. The van der Waals surface area contributed by atoms with Gasteiger partial charge in [0.25, 0.3) is 10.0 Å². The summed E-state index contributed by atoms with van der Waals surface area (Å²) in [6.45, 7) is 6.27. The van der Waals surface area contributed by atoms with Crippen LogP contribution in [0.25, 0.3) is 0 Å². The highest BCUT2D eigenvalue weighted by molar-refractivity contribution is 7.89. The Morgan fingerprint density at radius 3 is 2.75 bits per heavy atom. The van der Waals surface area contributed by atoms with E-state index in [1.807, 2.05) is 20.8 Å². The molecule has 0 aromatic carbocycles. The maximum Gasteiger partial charge on any atom is 0.257 e. The van der Waals surface area contributed by atoms with E-state index in [9.17, 15) is 8.42 Å². The van der Waals surface area contributed by atoms with Crippen molar-refractivity contribution < 1.29 is 13.2 Å². The summed E-state index contributed by atoms with van der Waals surface area (Å²) in [7, 11) is -3.52. The normalized spacial score (nSPS) is 12.9.